The monoisotopic (exact) mass is 217 g/mol. The third-order valence-electron chi connectivity index (χ3n) is 3.84. The molecule has 3 nitrogen and oxygen atoms in total. The Hall–Kier alpha value is -1.25. The topological polar surface area (TPSA) is 50.9 Å². The molecule has 2 aliphatic rings. The molecular formula is C13H19N3. The summed E-state index contributed by atoms with van der Waals surface area (Å²) in [6.45, 7) is 1.09. The number of nitrogen functional groups attached to an aromatic ring is 1. The van der Waals surface area contributed by atoms with Crippen molar-refractivity contribution < 1.29 is 0 Å². The van der Waals surface area contributed by atoms with Crippen molar-refractivity contribution in [3.63, 3.8) is 0 Å². The summed E-state index contributed by atoms with van der Waals surface area (Å²) in [5.74, 6) is 2.86. The smallest absolute Gasteiger partial charge is 0.0736 e. The van der Waals surface area contributed by atoms with Gasteiger partial charge in [-0.2, -0.15) is 0 Å². The number of hydrogen-bond donors (Lipinski definition) is 2. The highest BCUT2D eigenvalue weighted by molar-refractivity contribution is 5.64. The zero-order valence-corrected chi connectivity index (χ0v) is 9.52. The van der Waals surface area contributed by atoms with Gasteiger partial charge in [0.15, 0.2) is 0 Å². The standard InChI is InChI=1S/C13H19N3/c14-12-8-15-6-5-13(12)16-7-11(9-1-2-9)10-3-4-10/h5-6,8-11H,1-4,7,14H2,(H,15,16). The lowest BCUT2D eigenvalue weighted by Crippen LogP contribution is -2.18. The van der Waals surface area contributed by atoms with Crippen LogP contribution in [0.4, 0.5) is 11.4 Å². The molecule has 3 heteroatoms. The quantitative estimate of drug-likeness (QED) is 0.796. The maximum atomic E-state index is 5.87. The molecule has 0 unspecified atom stereocenters. The Labute approximate surface area is 96.4 Å². The van der Waals surface area contributed by atoms with Crippen LogP contribution >= 0.6 is 0 Å². The summed E-state index contributed by atoms with van der Waals surface area (Å²) in [6, 6.07) is 1.96. The molecule has 1 aromatic heterocycles. The van der Waals surface area contributed by atoms with Crippen LogP contribution in [0.25, 0.3) is 0 Å². The van der Waals surface area contributed by atoms with Gasteiger partial charge in [-0.05, 0) is 49.5 Å². The molecule has 3 rings (SSSR count). The van der Waals surface area contributed by atoms with Gasteiger partial charge >= 0.3 is 0 Å². The van der Waals surface area contributed by atoms with Crippen LogP contribution in [0.15, 0.2) is 18.5 Å². The fourth-order valence-corrected chi connectivity index (χ4v) is 2.56. The van der Waals surface area contributed by atoms with Gasteiger partial charge in [0.1, 0.15) is 0 Å². The second-order valence-electron chi connectivity index (χ2n) is 5.18. The lowest BCUT2D eigenvalue weighted by atomic mass is 9.98. The van der Waals surface area contributed by atoms with Gasteiger partial charge in [0.25, 0.3) is 0 Å². The highest BCUT2D eigenvalue weighted by Crippen LogP contribution is 2.49. The van der Waals surface area contributed by atoms with Gasteiger partial charge in [-0.3, -0.25) is 4.98 Å². The van der Waals surface area contributed by atoms with E-state index < -0.39 is 0 Å². The Morgan fingerprint density at radius 3 is 2.56 bits per heavy atom. The van der Waals surface area contributed by atoms with Crippen LogP contribution in [-0.4, -0.2) is 11.5 Å². The van der Waals surface area contributed by atoms with Crippen molar-refractivity contribution in [3.05, 3.63) is 18.5 Å². The average Bonchev–Trinajstić information content (AvgIpc) is 3.15. The van der Waals surface area contributed by atoms with E-state index in [9.17, 15) is 0 Å². The second kappa shape index (κ2) is 3.96. The van der Waals surface area contributed by atoms with Crippen molar-refractivity contribution in [2.24, 2.45) is 17.8 Å². The number of anilines is 2. The molecule has 1 heterocycles. The molecule has 0 saturated heterocycles. The molecule has 2 aliphatic carbocycles. The first-order valence-electron chi connectivity index (χ1n) is 6.28. The van der Waals surface area contributed by atoms with E-state index in [0.29, 0.717) is 0 Å². The molecule has 0 bridgehead atoms. The fourth-order valence-electron chi connectivity index (χ4n) is 2.56. The minimum Gasteiger partial charge on any atom is -0.396 e. The minimum absolute atomic E-state index is 0.757. The SMILES string of the molecule is Nc1cnccc1NCC(C1CC1)C1CC1. The number of aromatic nitrogens is 1. The van der Waals surface area contributed by atoms with Crippen LogP contribution < -0.4 is 11.1 Å². The first-order chi connectivity index (χ1) is 7.84. The van der Waals surface area contributed by atoms with Crippen molar-refractivity contribution >= 4 is 11.4 Å². The van der Waals surface area contributed by atoms with Crippen LogP contribution in [-0.2, 0) is 0 Å². The van der Waals surface area contributed by atoms with E-state index >= 15 is 0 Å². The van der Waals surface area contributed by atoms with Gasteiger partial charge in [0.2, 0.25) is 0 Å². The first kappa shape index (κ1) is 9.94. The molecule has 0 amide bonds. The maximum Gasteiger partial charge on any atom is 0.0736 e. The van der Waals surface area contributed by atoms with Crippen molar-refractivity contribution in [3.8, 4) is 0 Å². The second-order valence-corrected chi connectivity index (χ2v) is 5.18. The fraction of sp³-hybridized carbons (Fsp3) is 0.615. The van der Waals surface area contributed by atoms with Gasteiger partial charge in [0.05, 0.1) is 17.6 Å². The molecule has 16 heavy (non-hydrogen) atoms. The molecule has 0 spiro atoms. The van der Waals surface area contributed by atoms with Gasteiger partial charge in [-0.25, -0.2) is 0 Å². The predicted octanol–water partition coefficient (Wildman–Crippen LogP) is 2.51. The van der Waals surface area contributed by atoms with Crippen molar-refractivity contribution in [1.82, 2.24) is 4.98 Å². The number of rotatable bonds is 5. The molecule has 1 aromatic rings. The third-order valence-corrected chi connectivity index (χ3v) is 3.84. The number of nitrogens with two attached hydrogens (primary N) is 1. The Morgan fingerprint density at radius 1 is 1.31 bits per heavy atom. The van der Waals surface area contributed by atoms with E-state index in [1.165, 1.54) is 25.7 Å². The van der Waals surface area contributed by atoms with E-state index in [-0.39, 0.29) is 0 Å². The number of nitrogens with zero attached hydrogens (tertiary/aromatic N) is 1. The van der Waals surface area contributed by atoms with Crippen LogP contribution in [0.1, 0.15) is 25.7 Å². The number of hydrogen-bond acceptors (Lipinski definition) is 3. The summed E-state index contributed by atoms with van der Waals surface area (Å²) in [4.78, 5) is 4.00. The molecule has 2 fully saturated rings. The van der Waals surface area contributed by atoms with Gasteiger partial charge in [0, 0.05) is 12.7 Å². The summed E-state index contributed by atoms with van der Waals surface area (Å²) in [5.41, 5.74) is 7.67. The maximum absolute atomic E-state index is 5.87. The molecule has 0 atom stereocenters. The molecule has 0 radical (unpaired) electrons. The summed E-state index contributed by atoms with van der Waals surface area (Å²) in [7, 11) is 0. The van der Waals surface area contributed by atoms with Crippen molar-refractivity contribution in [2.75, 3.05) is 17.6 Å². The van der Waals surface area contributed by atoms with Gasteiger partial charge in [-0.1, -0.05) is 0 Å². The summed E-state index contributed by atoms with van der Waals surface area (Å²) in [6.07, 6.45) is 9.26. The lowest BCUT2D eigenvalue weighted by Gasteiger charge is -2.17. The average molecular weight is 217 g/mol. The lowest BCUT2D eigenvalue weighted by molar-refractivity contribution is 0.428. The summed E-state index contributed by atoms with van der Waals surface area (Å²) >= 11 is 0. The Morgan fingerprint density at radius 2 is 2.00 bits per heavy atom. The Kier molecular flexibility index (Phi) is 2.46. The zero-order chi connectivity index (χ0) is 11.0. The van der Waals surface area contributed by atoms with Crippen LogP contribution in [0.5, 0.6) is 0 Å². The van der Waals surface area contributed by atoms with Crippen LogP contribution in [0.3, 0.4) is 0 Å². The number of nitrogens with one attached hydrogen (secondary N) is 1. The summed E-state index contributed by atoms with van der Waals surface area (Å²) in [5, 5.41) is 3.49. The zero-order valence-electron chi connectivity index (χ0n) is 9.52. The van der Waals surface area contributed by atoms with Crippen LogP contribution in [0.2, 0.25) is 0 Å². The first-order valence-corrected chi connectivity index (χ1v) is 6.28. The third kappa shape index (κ3) is 2.13. The Balaban J connectivity index is 1.60. The van der Waals surface area contributed by atoms with E-state index in [0.717, 1.165) is 35.7 Å². The van der Waals surface area contributed by atoms with Gasteiger partial charge < -0.3 is 11.1 Å². The van der Waals surface area contributed by atoms with E-state index in [1.54, 1.807) is 12.4 Å². The van der Waals surface area contributed by atoms with Crippen molar-refractivity contribution in [1.29, 1.82) is 0 Å². The highest BCUT2D eigenvalue weighted by Gasteiger charge is 2.40. The normalized spacial score (nSPS) is 20.1. The van der Waals surface area contributed by atoms with Crippen molar-refractivity contribution in [2.45, 2.75) is 25.7 Å². The van der Waals surface area contributed by atoms with Gasteiger partial charge in [-0.15, -0.1) is 0 Å². The van der Waals surface area contributed by atoms with E-state index in [1.807, 2.05) is 6.07 Å². The predicted molar refractivity (Wildman–Crippen MR) is 66.1 cm³/mol. The Bertz CT molecular complexity index is 357. The molecule has 3 N–H and O–H groups in total. The largest absolute Gasteiger partial charge is 0.396 e. The molecular weight excluding hydrogens is 198 g/mol. The van der Waals surface area contributed by atoms with Crippen LogP contribution in [0, 0.1) is 17.8 Å². The van der Waals surface area contributed by atoms with E-state index in [2.05, 4.69) is 10.3 Å². The molecule has 2 saturated carbocycles. The van der Waals surface area contributed by atoms with E-state index in [4.69, 9.17) is 5.73 Å². The number of pyridine rings is 1. The highest BCUT2D eigenvalue weighted by atomic mass is 14.9. The summed E-state index contributed by atoms with van der Waals surface area (Å²) < 4.78 is 0. The molecule has 0 aliphatic heterocycles. The minimum atomic E-state index is 0.757. The molecule has 0 aromatic carbocycles. The molecule has 86 valence electrons.